The van der Waals surface area contributed by atoms with E-state index in [-0.39, 0.29) is 11.1 Å². The van der Waals surface area contributed by atoms with Crippen LogP contribution < -0.4 is 5.76 Å². The van der Waals surface area contributed by atoms with Gasteiger partial charge in [-0.25, -0.2) is 4.79 Å². The van der Waals surface area contributed by atoms with Crippen LogP contribution in [0.2, 0.25) is 0 Å². The van der Waals surface area contributed by atoms with Crippen LogP contribution in [0, 0.1) is 17.8 Å². The van der Waals surface area contributed by atoms with Gasteiger partial charge in [-0.1, -0.05) is 6.07 Å². The zero-order chi connectivity index (χ0) is 13.9. The molecule has 3 unspecified atom stereocenters. The first kappa shape index (κ1) is 12.5. The summed E-state index contributed by atoms with van der Waals surface area (Å²) in [4.78, 5) is 11.7. The van der Waals surface area contributed by atoms with Gasteiger partial charge in [0.2, 0.25) is 0 Å². The van der Waals surface area contributed by atoms with E-state index < -0.39 is 0 Å². The van der Waals surface area contributed by atoms with E-state index in [0.29, 0.717) is 18.0 Å². The van der Waals surface area contributed by atoms with Crippen LogP contribution in [0.15, 0.2) is 27.4 Å². The molecular formula is C16H18ClNO2. The number of fused-ring (bicyclic) bond motifs is 2. The van der Waals surface area contributed by atoms with Gasteiger partial charge < -0.3 is 4.42 Å². The van der Waals surface area contributed by atoms with E-state index in [0.717, 1.165) is 22.9 Å². The standard InChI is InChI=1S/C16H18ClNO2/c1-2-18-13-4-3-9(8-14(13)20-16(18)19)15(17)12-6-10-5-11(10)7-12/h3-4,8,10-12,15H,2,5-7H2,1H3. The summed E-state index contributed by atoms with van der Waals surface area (Å²) in [5, 5.41) is 0.0440. The lowest BCUT2D eigenvalue weighted by atomic mass is 9.94. The first-order valence-corrected chi connectivity index (χ1v) is 7.88. The molecular weight excluding hydrogens is 274 g/mol. The molecule has 106 valence electrons. The predicted molar refractivity (Wildman–Crippen MR) is 79.1 cm³/mol. The number of benzene rings is 1. The molecule has 0 saturated heterocycles. The molecule has 0 N–H and O–H groups in total. The van der Waals surface area contributed by atoms with E-state index in [1.165, 1.54) is 19.3 Å². The molecule has 2 aliphatic carbocycles. The van der Waals surface area contributed by atoms with Gasteiger partial charge in [-0.15, -0.1) is 11.6 Å². The van der Waals surface area contributed by atoms with Gasteiger partial charge in [0.25, 0.3) is 0 Å². The van der Waals surface area contributed by atoms with Crippen LogP contribution in [0.25, 0.3) is 11.1 Å². The molecule has 0 amide bonds. The van der Waals surface area contributed by atoms with E-state index in [1.54, 1.807) is 4.57 Å². The second kappa shape index (κ2) is 4.39. The summed E-state index contributed by atoms with van der Waals surface area (Å²) in [5.74, 6) is 2.17. The molecule has 2 aliphatic rings. The van der Waals surface area contributed by atoms with Gasteiger partial charge in [-0.05, 0) is 61.6 Å². The maximum Gasteiger partial charge on any atom is 0.419 e. The third-order valence-corrected chi connectivity index (χ3v) is 5.63. The molecule has 0 bridgehead atoms. The van der Waals surface area contributed by atoms with Gasteiger partial charge in [-0.3, -0.25) is 4.57 Å². The summed E-state index contributed by atoms with van der Waals surface area (Å²) in [6.07, 6.45) is 3.93. The second-order valence-electron chi connectivity index (χ2n) is 6.23. The largest absolute Gasteiger partial charge is 0.419 e. The number of hydrogen-bond donors (Lipinski definition) is 0. The third kappa shape index (κ3) is 1.83. The van der Waals surface area contributed by atoms with Crippen molar-refractivity contribution in [3.05, 3.63) is 34.3 Å². The van der Waals surface area contributed by atoms with E-state index in [2.05, 4.69) is 0 Å². The minimum atomic E-state index is -0.284. The summed E-state index contributed by atoms with van der Waals surface area (Å²) in [6.45, 7) is 2.57. The average molecular weight is 292 g/mol. The third-order valence-electron chi connectivity index (χ3n) is 5.02. The van der Waals surface area contributed by atoms with E-state index in [9.17, 15) is 4.79 Å². The first-order chi connectivity index (χ1) is 9.67. The van der Waals surface area contributed by atoms with Gasteiger partial charge in [0.15, 0.2) is 5.58 Å². The minimum absolute atomic E-state index is 0.0440. The van der Waals surface area contributed by atoms with Crippen LogP contribution in [0.4, 0.5) is 0 Å². The highest BCUT2D eigenvalue weighted by atomic mass is 35.5. The summed E-state index contributed by atoms with van der Waals surface area (Å²) in [5.41, 5.74) is 2.60. The van der Waals surface area contributed by atoms with E-state index in [1.807, 2.05) is 25.1 Å². The first-order valence-electron chi connectivity index (χ1n) is 7.44. The van der Waals surface area contributed by atoms with E-state index in [4.69, 9.17) is 16.0 Å². The fraction of sp³-hybridized carbons (Fsp3) is 0.562. The van der Waals surface area contributed by atoms with Crippen molar-refractivity contribution in [2.24, 2.45) is 17.8 Å². The molecule has 20 heavy (non-hydrogen) atoms. The van der Waals surface area contributed by atoms with Gasteiger partial charge in [0, 0.05) is 6.54 Å². The molecule has 0 spiro atoms. The van der Waals surface area contributed by atoms with Crippen molar-refractivity contribution in [1.82, 2.24) is 4.57 Å². The number of oxazole rings is 1. The van der Waals surface area contributed by atoms with Crippen LogP contribution >= 0.6 is 11.6 Å². The Labute approximate surface area is 122 Å². The maximum atomic E-state index is 11.7. The smallest absolute Gasteiger partial charge is 0.408 e. The molecule has 2 fully saturated rings. The lowest BCUT2D eigenvalue weighted by Crippen LogP contribution is -2.12. The monoisotopic (exact) mass is 291 g/mol. The molecule has 4 heteroatoms. The van der Waals surface area contributed by atoms with Crippen molar-refractivity contribution < 1.29 is 4.42 Å². The highest BCUT2D eigenvalue weighted by Gasteiger charge is 2.47. The number of aryl methyl sites for hydroxylation is 1. The molecule has 2 saturated carbocycles. The fourth-order valence-electron chi connectivity index (χ4n) is 3.83. The Balaban J connectivity index is 1.68. The van der Waals surface area contributed by atoms with Gasteiger partial charge >= 0.3 is 5.76 Å². The summed E-state index contributed by atoms with van der Waals surface area (Å²) in [6, 6.07) is 5.96. The van der Waals surface area contributed by atoms with Crippen LogP contribution in [0.3, 0.4) is 0 Å². The summed E-state index contributed by atoms with van der Waals surface area (Å²) in [7, 11) is 0. The number of alkyl halides is 1. The number of rotatable bonds is 3. The molecule has 3 atom stereocenters. The van der Waals surface area contributed by atoms with Crippen molar-refractivity contribution >= 4 is 22.7 Å². The number of halogens is 1. The average Bonchev–Trinajstić information content (AvgIpc) is 2.93. The van der Waals surface area contributed by atoms with Gasteiger partial charge in [0.05, 0.1) is 10.9 Å². The van der Waals surface area contributed by atoms with Crippen molar-refractivity contribution in [1.29, 1.82) is 0 Å². The fourth-order valence-corrected chi connectivity index (χ4v) is 4.17. The Kier molecular flexibility index (Phi) is 2.75. The molecule has 1 heterocycles. The number of nitrogens with zero attached hydrogens (tertiary/aromatic N) is 1. The molecule has 0 aliphatic heterocycles. The van der Waals surface area contributed by atoms with Gasteiger partial charge in [0.1, 0.15) is 0 Å². The molecule has 0 radical (unpaired) electrons. The van der Waals surface area contributed by atoms with Crippen molar-refractivity contribution in [2.45, 2.75) is 38.1 Å². The normalized spacial score (nSPS) is 29.6. The Morgan fingerprint density at radius 3 is 2.80 bits per heavy atom. The highest BCUT2D eigenvalue weighted by Crippen LogP contribution is 2.58. The Morgan fingerprint density at radius 2 is 2.10 bits per heavy atom. The molecule has 1 aromatic heterocycles. The second-order valence-corrected chi connectivity index (χ2v) is 6.70. The van der Waals surface area contributed by atoms with E-state index >= 15 is 0 Å². The van der Waals surface area contributed by atoms with Gasteiger partial charge in [-0.2, -0.15) is 0 Å². The number of hydrogen-bond acceptors (Lipinski definition) is 2. The van der Waals surface area contributed by atoms with Crippen molar-refractivity contribution in [2.75, 3.05) is 0 Å². The van der Waals surface area contributed by atoms with Crippen molar-refractivity contribution in [3.8, 4) is 0 Å². The molecule has 2 aromatic rings. The van der Waals surface area contributed by atoms with Crippen LogP contribution in [0.1, 0.15) is 37.1 Å². The SMILES string of the molecule is CCn1c(=O)oc2cc(C(Cl)C3CC4CC4C3)ccc21. The minimum Gasteiger partial charge on any atom is -0.408 e. The Hall–Kier alpha value is -1.22. The van der Waals surface area contributed by atoms with Crippen LogP contribution in [-0.2, 0) is 6.54 Å². The maximum absolute atomic E-state index is 11.7. The zero-order valence-electron chi connectivity index (χ0n) is 11.5. The Bertz CT molecular complexity index is 707. The highest BCUT2D eigenvalue weighted by molar-refractivity contribution is 6.21. The number of aromatic nitrogens is 1. The predicted octanol–water partition coefficient (Wildman–Crippen LogP) is 3.94. The summed E-state index contributed by atoms with van der Waals surface area (Å²) >= 11 is 6.65. The topological polar surface area (TPSA) is 35.1 Å². The van der Waals surface area contributed by atoms with Crippen molar-refractivity contribution in [3.63, 3.8) is 0 Å². The molecule has 4 rings (SSSR count). The zero-order valence-corrected chi connectivity index (χ0v) is 12.3. The quantitative estimate of drug-likeness (QED) is 0.803. The van der Waals surface area contributed by atoms with Crippen LogP contribution in [-0.4, -0.2) is 4.57 Å². The lowest BCUT2D eigenvalue weighted by Gasteiger charge is -2.18. The summed E-state index contributed by atoms with van der Waals surface area (Å²) < 4.78 is 6.97. The molecule has 3 nitrogen and oxygen atoms in total. The van der Waals surface area contributed by atoms with Crippen LogP contribution in [0.5, 0.6) is 0 Å². The Morgan fingerprint density at radius 1 is 1.35 bits per heavy atom. The lowest BCUT2D eigenvalue weighted by molar-refractivity contribution is 0.471. The molecule has 1 aromatic carbocycles.